The Hall–Kier alpha value is -3.11. The summed E-state index contributed by atoms with van der Waals surface area (Å²) in [6.45, 7) is 4.30. The van der Waals surface area contributed by atoms with Crippen LogP contribution < -0.4 is 18.9 Å². The lowest BCUT2D eigenvalue weighted by Crippen LogP contribution is -2.37. The molecule has 0 saturated heterocycles. The summed E-state index contributed by atoms with van der Waals surface area (Å²) in [5.74, 6) is 3.42. The smallest absolute Gasteiger partial charge is 0.239 e. The Morgan fingerprint density at radius 3 is 2.25 bits per heavy atom. The van der Waals surface area contributed by atoms with Gasteiger partial charge in [-0.2, -0.15) is 0 Å². The maximum Gasteiger partial charge on any atom is 0.239 e. The molecule has 10 heteroatoms. The molecule has 0 bridgehead atoms. The molecule has 1 N–H and O–H groups in total. The molecule has 1 aliphatic rings. The number of benzene rings is 1. The minimum atomic E-state index is -0.346. The molecule has 4 rings (SSSR count). The van der Waals surface area contributed by atoms with Gasteiger partial charge in [0.1, 0.15) is 22.9 Å². The number of nitrogens with zero attached hydrogens (tertiary/aromatic N) is 4. The molecule has 36 heavy (non-hydrogen) atoms. The van der Waals surface area contributed by atoms with E-state index < -0.39 is 0 Å². The van der Waals surface area contributed by atoms with Gasteiger partial charge in [-0.25, -0.2) is 4.98 Å². The van der Waals surface area contributed by atoms with E-state index in [0.29, 0.717) is 46.5 Å². The summed E-state index contributed by atoms with van der Waals surface area (Å²) in [7, 11) is 6.32. The highest BCUT2D eigenvalue weighted by Gasteiger charge is 2.33. The van der Waals surface area contributed by atoms with Crippen LogP contribution in [0.3, 0.4) is 0 Å². The van der Waals surface area contributed by atoms with Gasteiger partial charge in [0, 0.05) is 18.4 Å². The first-order valence-electron chi connectivity index (χ1n) is 12.0. The molecule has 0 spiro atoms. The number of methoxy groups -OCH3 is 4. The van der Waals surface area contributed by atoms with Crippen molar-refractivity contribution in [3.8, 4) is 34.6 Å². The fraction of sp³-hybridized carbons (Fsp3) is 0.462. The third-order valence-corrected chi connectivity index (χ3v) is 8.66. The summed E-state index contributed by atoms with van der Waals surface area (Å²) in [6, 6.07) is 11.2. The lowest BCUT2D eigenvalue weighted by Gasteiger charge is -2.37. The highest BCUT2D eigenvalue weighted by atomic mass is 32.2. The fourth-order valence-corrected chi connectivity index (χ4v) is 6.28. The molecule has 0 aliphatic heterocycles. The van der Waals surface area contributed by atoms with Crippen molar-refractivity contribution >= 4 is 22.0 Å². The number of rotatable bonds is 11. The Labute approximate surface area is 215 Å². The minimum absolute atomic E-state index is 0.169. The fourth-order valence-electron chi connectivity index (χ4n) is 4.59. The Morgan fingerprint density at radius 1 is 1.00 bits per heavy atom. The minimum Gasteiger partial charge on any atom is -0.494 e. The van der Waals surface area contributed by atoms with Gasteiger partial charge in [0.25, 0.3) is 0 Å². The SMILES string of the molecule is C/C=S(/Nc1nnc(-c2cccc(OC)n2)n1-c1c(OC)cccc1OC)[C@@H](C)[C@@H](OC)C1CCC1. The van der Waals surface area contributed by atoms with Gasteiger partial charge in [-0.05, 0) is 56.2 Å². The number of ether oxygens (including phenoxy) is 4. The van der Waals surface area contributed by atoms with Crippen LogP contribution in [0.5, 0.6) is 17.4 Å². The number of hydrogen-bond acceptors (Lipinski definition) is 8. The number of aromatic nitrogens is 4. The summed E-state index contributed by atoms with van der Waals surface area (Å²) in [5.41, 5.74) is 1.30. The highest BCUT2D eigenvalue weighted by molar-refractivity contribution is 8.16. The van der Waals surface area contributed by atoms with Gasteiger partial charge in [-0.1, -0.05) is 29.2 Å². The van der Waals surface area contributed by atoms with Crippen LogP contribution in [0.25, 0.3) is 17.2 Å². The van der Waals surface area contributed by atoms with Crippen molar-refractivity contribution < 1.29 is 18.9 Å². The van der Waals surface area contributed by atoms with Crippen molar-refractivity contribution in [2.24, 2.45) is 5.92 Å². The van der Waals surface area contributed by atoms with E-state index in [1.165, 1.54) is 19.3 Å². The molecule has 1 saturated carbocycles. The predicted octanol–water partition coefficient (Wildman–Crippen LogP) is 4.98. The van der Waals surface area contributed by atoms with E-state index in [2.05, 4.69) is 39.1 Å². The van der Waals surface area contributed by atoms with E-state index in [-0.39, 0.29) is 22.0 Å². The number of anilines is 1. The van der Waals surface area contributed by atoms with E-state index in [4.69, 9.17) is 18.9 Å². The number of hydrogen-bond donors (Lipinski definition) is 1. The number of nitrogens with one attached hydrogen (secondary N) is 1. The van der Waals surface area contributed by atoms with E-state index in [1.807, 2.05) is 42.0 Å². The molecule has 1 aliphatic carbocycles. The van der Waals surface area contributed by atoms with Crippen molar-refractivity contribution in [3.63, 3.8) is 0 Å². The first-order valence-corrected chi connectivity index (χ1v) is 13.4. The second-order valence-electron chi connectivity index (χ2n) is 8.56. The summed E-state index contributed by atoms with van der Waals surface area (Å²) >= 11 is 0. The molecule has 3 atom stereocenters. The Morgan fingerprint density at radius 2 is 1.69 bits per heavy atom. The normalized spacial score (nSPS) is 16.2. The Balaban J connectivity index is 1.83. The van der Waals surface area contributed by atoms with Crippen molar-refractivity contribution in [2.75, 3.05) is 33.2 Å². The highest BCUT2D eigenvalue weighted by Crippen LogP contribution is 2.41. The van der Waals surface area contributed by atoms with Gasteiger partial charge in [0.05, 0.1) is 27.4 Å². The zero-order valence-electron chi connectivity index (χ0n) is 21.7. The predicted molar refractivity (Wildman–Crippen MR) is 145 cm³/mol. The molecule has 2 heterocycles. The zero-order valence-corrected chi connectivity index (χ0v) is 22.5. The van der Waals surface area contributed by atoms with Crippen LogP contribution in [0.1, 0.15) is 33.1 Å². The van der Waals surface area contributed by atoms with E-state index in [9.17, 15) is 0 Å². The quantitative estimate of drug-likeness (QED) is 0.359. The first-order chi connectivity index (χ1) is 17.6. The van der Waals surface area contributed by atoms with Crippen molar-refractivity contribution in [1.82, 2.24) is 19.7 Å². The molecule has 0 radical (unpaired) electrons. The Bertz CT molecular complexity index is 1190. The molecule has 0 amide bonds. The van der Waals surface area contributed by atoms with Crippen LogP contribution in [0.2, 0.25) is 0 Å². The summed E-state index contributed by atoms with van der Waals surface area (Å²) in [6.07, 6.45) is 3.86. The van der Waals surface area contributed by atoms with Crippen LogP contribution in [-0.4, -0.2) is 64.9 Å². The maximum atomic E-state index is 5.96. The second-order valence-corrected chi connectivity index (χ2v) is 10.7. The Kier molecular flexibility index (Phi) is 8.48. The van der Waals surface area contributed by atoms with Crippen LogP contribution in [0.15, 0.2) is 36.4 Å². The van der Waals surface area contributed by atoms with E-state index in [0.717, 1.165) is 0 Å². The standard InChI is InChI=1S/C26H35N5O4S/c1-7-36(17(2)24(35-6)18-11-8-12-18)30-26-29-28-25(19-13-9-16-22(27-19)34-5)31(26)23-20(32-3)14-10-15-21(23)33-4/h7,9-10,13-18,24H,8,11-12H2,1-6H3,(H,29,30)/t17-,24+,36?/m0/s1. The molecule has 9 nitrogen and oxygen atoms in total. The number of pyridine rings is 1. The van der Waals surface area contributed by atoms with Crippen LogP contribution >= 0.6 is 10.7 Å². The van der Waals surface area contributed by atoms with Crippen molar-refractivity contribution in [3.05, 3.63) is 36.4 Å². The largest absolute Gasteiger partial charge is 0.494 e. The van der Waals surface area contributed by atoms with Gasteiger partial charge in [0.15, 0.2) is 5.82 Å². The molecule has 1 fully saturated rings. The van der Waals surface area contributed by atoms with Gasteiger partial charge in [-0.3, -0.25) is 4.57 Å². The molecule has 3 aromatic rings. The topological polar surface area (TPSA) is 92.6 Å². The first kappa shape index (κ1) is 26.0. The molecule has 194 valence electrons. The lowest BCUT2D eigenvalue weighted by molar-refractivity contribution is 0.0210. The molecular formula is C26H35N5O4S. The average Bonchev–Trinajstić information content (AvgIpc) is 3.31. The average molecular weight is 514 g/mol. The zero-order chi connectivity index (χ0) is 25.7. The summed E-state index contributed by atoms with van der Waals surface area (Å²) in [5, 5.41) is 11.5. The molecule has 2 aromatic heterocycles. The van der Waals surface area contributed by atoms with Crippen LogP contribution in [0, 0.1) is 5.92 Å². The maximum absolute atomic E-state index is 5.96. The second kappa shape index (κ2) is 11.7. The summed E-state index contributed by atoms with van der Waals surface area (Å²) in [4.78, 5) is 4.61. The lowest BCUT2D eigenvalue weighted by atomic mass is 9.80. The van der Waals surface area contributed by atoms with Crippen LogP contribution in [0.4, 0.5) is 5.95 Å². The van der Waals surface area contributed by atoms with Crippen molar-refractivity contribution in [1.29, 1.82) is 0 Å². The summed E-state index contributed by atoms with van der Waals surface area (Å²) < 4.78 is 28.3. The monoisotopic (exact) mass is 513 g/mol. The third kappa shape index (κ3) is 5.05. The van der Waals surface area contributed by atoms with E-state index >= 15 is 0 Å². The van der Waals surface area contributed by atoms with Crippen LogP contribution in [-0.2, 0) is 4.74 Å². The van der Waals surface area contributed by atoms with Crippen molar-refractivity contribution in [2.45, 2.75) is 44.5 Å². The molecule has 1 aromatic carbocycles. The third-order valence-electron chi connectivity index (χ3n) is 6.66. The van der Waals surface area contributed by atoms with Gasteiger partial charge in [-0.15, -0.1) is 10.2 Å². The van der Waals surface area contributed by atoms with Gasteiger partial charge < -0.3 is 23.7 Å². The molecular weight excluding hydrogens is 478 g/mol. The molecule has 1 unspecified atom stereocenters. The van der Waals surface area contributed by atoms with Gasteiger partial charge >= 0.3 is 0 Å². The number of para-hydroxylation sites is 1. The van der Waals surface area contributed by atoms with E-state index in [1.54, 1.807) is 27.4 Å². The van der Waals surface area contributed by atoms with Gasteiger partial charge in [0.2, 0.25) is 11.8 Å².